The van der Waals surface area contributed by atoms with Gasteiger partial charge in [-0.15, -0.1) is 21.5 Å². The first-order chi connectivity index (χ1) is 16.5. The quantitative estimate of drug-likeness (QED) is 0.254. The summed E-state index contributed by atoms with van der Waals surface area (Å²) >= 11 is 2.62. The predicted octanol–water partition coefficient (Wildman–Crippen LogP) is 4.66. The van der Waals surface area contributed by atoms with Gasteiger partial charge in [0.1, 0.15) is 6.61 Å². The van der Waals surface area contributed by atoms with Gasteiger partial charge in [-0.25, -0.2) is 4.39 Å². The van der Waals surface area contributed by atoms with Crippen LogP contribution in [0.4, 0.5) is 4.39 Å². The Kier molecular flexibility index (Phi) is 7.71. The maximum atomic E-state index is 14.0. The zero-order valence-electron chi connectivity index (χ0n) is 18.2. The zero-order valence-corrected chi connectivity index (χ0v) is 19.9. The molecule has 0 unspecified atom stereocenters. The molecule has 0 bridgehead atoms. The van der Waals surface area contributed by atoms with Crippen LogP contribution in [-0.4, -0.2) is 32.2 Å². The van der Waals surface area contributed by atoms with Crippen LogP contribution in [0.2, 0.25) is 0 Å². The van der Waals surface area contributed by atoms with E-state index in [1.807, 2.05) is 36.4 Å². The van der Waals surface area contributed by atoms with Gasteiger partial charge in [-0.05, 0) is 36.4 Å². The number of ketones is 1. The molecule has 0 saturated carbocycles. The molecular weight excluding hydrogens is 475 g/mol. The van der Waals surface area contributed by atoms with E-state index in [0.717, 1.165) is 10.6 Å². The molecule has 0 atom stereocenters. The molecule has 2 aromatic heterocycles. The van der Waals surface area contributed by atoms with Crippen LogP contribution in [0, 0.1) is 5.82 Å². The number of carbonyl (C=O) groups is 2. The average molecular weight is 497 g/mol. The minimum absolute atomic E-state index is 0.00870. The number of ether oxygens (including phenoxy) is 1. The molecule has 2 heterocycles. The molecule has 0 spiro atoms. The first kappa shape index (κ1) is 23.7. The van der Waals surface area contributed by atoms with Crippen LogP contribution < -0.4 is 10.1 Å². The van der Waals surface area contributed by atoms with E-state index in [1.54, 1.807) is 28.8 Å². The lowest BCUT2D eigenvalue weighted by Gasteiger charge is -2.11. The number of aromatic nitrogens is 3. The minimum Gasteiger partial charge on any atom is -0.483 e. The van der Waals surface area contributed by atoms with E-state index in [2.05, 4.69) is 15.5 Å². The maximum Gasteiger partial charge on any atom is 0.217 e. The average Bonchev–Trinajstić information content (AvgIpc) is 3.48. The Labute approximate surface area is 204 Å². The van der Waals surface area contributed by atoms with Crippen molar-refractivity contribution in [2.45, 2.75) is 25.2 Å². The van der Waals surface area contributed by atoms with Crippen molar-refractivity contribution in [1.29, 1.82) is 0 Å². The highest BCUT2D eigenvalue weighted by molar-refractivity contribution is 7.99. The highest BCUT2D eigenvalue weighted by Crippen LogP contribution is 2.26. The molecule has 7 nitrogen and oxygen atoms in total. The monoisotopic (exact) mass is 496 g/mol. The van der Waals surface area contributed by atoms with Crippen LogP contribution in [-0.2, 0) is 17.9 Å². The summed E-state index contributed by atoms with van der Waals surface area (Å²) in [6.45, 7) is 1.86. The van der Waals surface area contributed by atoms with Crippen molar-refractivity contribution in [2.24, 2.45) is 0 Å². The second-order valence-electron chi connectivity index (χ2n) is 7.18. The van der Waals surface area contributed by atoms with Crippen LogP contribution in [0.1, 0.15) is 27.3 Å². The van der Waals surface area contributed by atoms with E-state index < -0.39 is 5.82 Å². The summed E-state index contributed by atoms with van der Waals surface area (Å²) < 4.78 is 21.4. The number of hydrogen-bond acceptors (Lipinski definition) is 7. The highest BCUT2D eigenvalue weighted by Gasteiger charge is 2.18. The van der Waals surface area contributed by atoms with E-state index in [9.17, 15) is 14.0 Å². The maximum absolute atomic E-state index is 14.0. The van der Waals surface area contributed by atoms with Crippen LogP contribution >= 0.6 is 23.1 Å². The molecule has 0 fully saturated rings. The lowest BCUT2D eigenvalue weighted by atomic mass is 10.3. The van der Waals surface area contributed by atoms with E-state index in [4.69, 9.17) is 4.74 Å². The van der Waals surface area contributed by atoms with Gasteiger partial charge < -0.3 is 10.1 Å². The van der Waals surface area contributed by atoms with E-state index in [-0.39, 0.29) is 29.8 Å². The van der Waals surface area contributed by atoms with Gasteiger partial charge >= 0.3 is 0 Å². The predicted molar refractivity (Wildman–Crippen MR) is 129 cm³/mol. The fourth-order valence-electron chi connectivity index (χ4n) is 3.06. The minimum atomic E-state index is -0.456. The number of amides is 1. The third kappa shape index (κ3) is 5.89. The summed E-state index contributed by atoms with van der Waals surface area (Å²) in [7, 11) is 0. The number of benzene rings is 2. The van der Waals surface area contributed by atoms with Gasteiger partial charge in [-0.2, -0.15) is 0 Å². The Balaban J connectivity index is 1.49. The molecule has 1 amide bonds. The molecule has 174 valence electrons. The largest absolute Gasteiger partial charge is 0.483 e. The van der Waals surface area contributed by atoms with Crippen LogP contribution in [0.25, 0.3) is 5.69 Å². The Morgan fingerprint density at radius 3 is 2.59 bits per heavy atom. The van der Waals surface area contributed by atoms with Gasteiger partial charge in [0.25, 0.3) is 0 Å². The molecule has 4 rings (SSSR count). The van der Waals surface area contributed by atoms with Gasteiger partial charge in [0.05, 0.1) is 17.2 Å². The Morgan fingerprint density at radius 1 is 1.06 bits per heavy atom. The molecule has 10 heteroatoms. The number of nitrogens with one attached hydrogen (secondary N) is 1. The van der Waals surface area contributed by atoms with Gasteiger partial charge in [-0.3, -0.25) is 14.2 Å². The molecule has 0 radical (unpaired) electrons. The Morgan fingerprint density at radius 2 is 1.82 bits per heavy atom. The first-order valence-corrected chi connectivity index (χ1v) is 12.2. The van der Waals surface area contributed by atoms with Crippen molar-refractivity contribution in [3.05, 3.63) is 88.1 Å². The number of thiophene rings is 1. The number of para-hydroxylation sites is 2. The summed E-state index contributed by atoms with van der Waals surface area (Å²) in [5.41, 5.74) is 0.809. The Hall–Kier alpha value is -3.50. The summed E-state index contributed by atoms with van der Waals surface area (Å²) in [4.78, 5) is 25.4. The number of hydrogen-bond donors (Lipinski definition) is 1. The summed E-state index contributed by atoms with van der Waals surface area (Å²) in [6.07, 6.45) is 0. The molecule has 1 N–H and O–H groups in total. The number of halogens is 1. The number of thioether (sulfide) groups is 1. The standard InChI is InChI=1S/C24H21FN4O3S2/c1-16(30)26-13-18-11-12-22(34-18)20(31)15-33-24-28-27-23(29(24)17-7-3-2-4-8-17)14-32-21-10-6-5-9-19(21)25/h2-12H,13-15H2,1H3,(H,26,30). The number of nitrogens with zero attached hydrogens (tertiary/aromatic N) is 3. The van der Waals surface area contributed by atoms with Crippen molar-refractivity contribution in [3.63, 3.8) is 0 Å². The molecular formula is C24H21FN4O3S2. The van der Waals surface area contributed by atoms with Gasteiger partial charge in [-0.1, -0.05) is 42.1 Å². The fraction of sp³-hybridized carbons (Fsp3) is 0.167. The summed E-state index contributed by atoms with van der Waals surface area (Å²) in [5.74, 6) is 0.157. The van der Waals surface area contributed by atoms with Crippen LogP contribution in [0.5, 0.6) is 5.75 Å². The van der Waals surface area contributed by atoms with Crippen molar-refractivity contribution in [1.82, 2.24) is 20.1 Å². The van der Waals surface area contributed by atoms with Crippen molar-refractivity contribution in [3.8, 4) is 11.4 Å². The molecule has 0 aliphatic heterocycles. The van der Waals surface area contributed by atoms with E-state index >= 15 is 0 Å². The molecule has 0 aliphatic rings. The lowest BCUT2D eigenvalue weighted by molar-refractivity contribution is -0.119. The van der Waals surface area contributed by atoms with E-state index in [0.29, 0.717) is 22.4 Å². The second kappa shape index (κ2) is 11.1. The molecule has 34 heavy (non-hydrogen) atoms. The molecule has 2 aromatic carbocycles. The normalized spacial score (nSPS) is 10.8. The van der Waals surface area contributed by atoms with Crippen LogP contribution in [0.15, 0.2) is 71.9 Å². The molecule has 0 aliphatic carbocycles. The van der Waals surface area contributed by atoms with Gasteiger partial charge in [0.15, 0.2) is 28.3 Å². The SMILES string of the molecule is CC(=O)NCc1ccc(C(=O)CSc2nnc(COc3ccccc3F)n2-c2ccccc2)s1. The van der Waals surface area contributed by atoms with Crippen molar-refractivity contribution in [2.75, 3.05) is 5.75 Å². The zero-order chi connectivity index (χ0) is 23.9. The number of carbonyl (C=O) groups excluding carboxylic acids is 2. The van der Waals surface area contributed by atoms with Gasteiger partial charge in [0.2, 0.25) is 5.91 Å². The van der Waals surface area contributed by atoms with Crippen molar-refractivity contribution < 1.29 is 18.7 Å². The third-order valence-electron chi connectivity index (χ3n) is 4.69. The van der Waals surface area contributed by atoms with Crippen LogP contribution in [0.3, 0.4) is 0 Å². The van der Waals surface area contributed by atoms with E-state index in [1.165, 1.54) is 36.1 Å². The summed E-state index contributed by atoms with van der Waals surface area (Å²) in [6, 6.07) is 19.2. The van der Waals surface area contributed by atoms with Gasteiger partial charge in [0, 0.05) is 17.5 Å². The summed E-state index contributed by atoms with van der Waals surface area (Å²) in [5, 5.41) is 11.7. The lowest BCUT2D eigenvalue weighted by Crippen LogP contribution is -2.18. The highest BCUT2D eigenvalue weighted by atomic mass is 32.2. The fourth-order valence-corrected chi connectivity index (χ4v) is 4.89. The topological polar surface area (TPSA) is 86.1 Å². The third-order valence-corrected chi connectivity index (χ3v) is 6.74. The molecule has 4 aromatic rings. The second-order valence-corrected chi connectivity index (χ2v) is 9.29. The number of Topliss-reactive ketones (excluding diaryl/α,β-unsaturated/α-hetero) is 1. The molecule has 0 saturated heterocycles. The number of rotatable bonds is 10. The first-order valence-electron chi connectivity index (χ1n) is 10.4. The van der Waals surface area contributed by atoms with Crippen molar-refractivity contribution >= 4 is 34.8 Å². The smallest absolute Gasteiger partial charge is 0.217 e. The Bertz CT molecular complexity index is 1290.